The SMILES string of the molecule is C=Cc1c(N)cc2cc(N)cc(C)c2c1F. The highest BCUT2D eigenvalue weighted by Crippen LogP contribution is 2.31. The first-order valence-corrected chi connectivity index (χ1v) is 4.95. The van der Waals surface area contributed by atoms with Crippen LogP contribution in [-0.2, 0) is 0 Å². The molecule has 0 aliphatic heterocycles. The van der Waals surface area contributed by atoms with Gasteiger partial charge in [0.2, 0.25) is 0 Å². The van der Waals surface area contributed by atoms with E-state index in [4.69, 9.17) is 11.5 Å². The number of nitrogen functional groups attached to an aromatic ring is 2. The summed E-state index contributed by atoms with van der Waals surface area (Å²) < 4.78 is 14.1. The van der Waals surface area contributed by atoms with Crippen LogP contribution < -0.4 is 11.5 Å². The monoisotopic (exact) mass is 216 g/mol. The molecule has 0 amide bonds. The Kier molecular flexibility index (Phi) is 2.31. The van der Waals surface area contributed by atoms with Gasteiger partial charge in [0, 0.05) is 22.3 Å². The molecule has 3 heteroatoms. The molecule has 0 heterocycles. The van der Waals surface area contributed by atoms with Crippen LogP contribution in [0.5, 0.6) is 0 Å². The summed E-state index contributed by atoms with van der Waals surface area (Å²) in [5.74, 6) is -0.331. The average Bonchev–Trinajstić information content (AvgIpc) is 2.15. The topological polar surface area (TPSA) is 52.0 Å². The van der Waals surface area contributed by atoms with E-state index in [-0.39, 0.29) is 5.82 Å². The molecule has 0 saturated heterocycles. The molecule has 2 nitrogen and oxygen atoms in total. The summed E-state index contributed by atoms with van der Waals surface area (Å²) in [6.45, 7) is 5.39. The highest BCUT2D eigenvalue weighted by molar-refractivity contribution is 5.94. The van der Waals surface area contributed by atoms with E-state index in [0.29, 0.717) is 22.3 Å². The third-order valence-electron chi connectivity index (χ3n) is 2.67. The van der Waals surface area contributed by atoms with Gasteiger partial charge in [0.25, 0.3) is 0 Å². The molecule has 0 saturated carbocycles. The van der Waals surface area contributed by atoms with E-state index < -0.39 is 0 Å². The molecule has 0 aliphatic carbocycles. The Morgan fingerprint density at radius 3 is 2.56 bits per heavy atom. The van der Waals surface area contributed by atoms with Crippen LogP contribution in [0.4, 0.5) is 15.8 Å². The van der Waals surface area contributed by atoms with Gasteiger partial charge in [-0.1, -0.05) is 12.7 Å². The molecule has 0 aliphatic rings. The van der Waals surface area contributed by atoms with Gasteiger partial charge in [-0.05, 0) is 36.1 Å². The maximum Gasteiger partial charge on any atom is 0.140 e. The minimum atomic E-state index is -0.331. The summed E-state index contributed by atoms with van der Waals surface area (Å²) in [5.41, 5.74) is 13.6. The lowest BCUT2D eigenvalue weighted by molar-refractivity contribution is 0.637. The Hall–Kier alpha value is -2.03. The fourth-order valence-corrected chi connectivity index (χ4v) is 1.97. The van der Waals surface area contributed by atoms with E-state index in [1.165, 1.54) is 6.08 Å². The largest absolute Gasteiger partial charge is 0.399 e. The second kappa shape index (κ2) is 3.52. The lowest BCUT2D eigenvalue weighted by Gasteiger charge is -2.10. The van der Waals surface area contributed by atoms with Crippen LogP contribution in [0.3, 0.4) is 0 Å². The Morgan fingerprint density at radius 1 is 1.25 bits per heavy atom. The number of hydrogen-bond acceptors (Lipinski definition) is 2. The molecule has 0 aromatic heterocycles. The van der Waals surface area contributed by atoms with Crippen molar-refractivity contribution in [1.29, 1.82) is 0 Å². The Morgan fingerprint density at radius 2 is 1.94 bits per heavy atom. The van der Waals surface area contributed by atoms with E-state index in [0.717, 1.165) is 10.9 Å². The van der Waals surface area contributed by atoms with Crippen molar-refractivity contribution in [3.05, 3.63) is 41.7 Å². The highest BCUT2D eigenvalue weighted by atomic mass is 19.1. The lowest BCUT2D eigenvalue weighted by atomic mass is 9.99. The van der Waals surface area contributed by atoms with Crippen molar-refractivity contribution in [3.63, 3.8) is 0 Å². The second-order valence-electron chi connectivity index (χ2n) is 3.83. The van der Waals surface area contributed by atoms with Gasteiger partial charge in [-0.25, -0.2) is 4.39 Å². The normalized spacial score (nSPS) is 10.6. The first kappa shape index (κ1) is 10.5. The predicted octanol–water partition coefficient (Wildman–Crippen LogP) is 3.09. The molecule has 16 heavy (non-hydrogen) atoms. The zero-order chi connectivity index (χ0) is 11.9. The fourth-order valence-electron chi connectivity index (χ4n) is 1.97. The molecule has 0 spiro atoms. The van der Waals surface area contributed by atoms with Crippen LogP contribution >= 0.6 is 0 Å². The van der Waals surface area contributed by atoms with Crippen LogP contribution in [0.25, 0.3) is 16.8 Å². The molecule has 4 N–H and O–H groups in total. The summed E-state index contributed by atoms with van der Waals surface area (Å²) in [7, 11) is 0. The number of hydrogen-bond donors (Lipinski definition) is 2. The van der Waals surface area contributed by atoms with E-state index >= 15 is 0 Å². The second-order valence-corrected chi connectivity index (χ2v) is 3.83. The van der Waals surface area contributed by atoms with Gasteiger partial charge in [0.15, 0.2) is 0 Å². The molecule has 0 bridgehead atoms. The summed E-state index contributed by atoms with van der Waals surface area (Å²) in [6.07, 6.45) is 1.43. The van der Waals surface area contributed by atoms with Crippen LogP contribution in [0.1, 0.15) is 11.1 Å². The number of aryl methyl sites for hydroxylation is 1. The van der Waals surface area contributed by atoms with E-state index in [1.54, 1.807) is 18.2 Å². The van der Waals surface area contributed by atoms with Crippen LogP contribution in [0, 0.1) is 12.7 Å². The molecule has 0 unspecified atom stereocenters. The predicted molar refractivity (Wildman–Crippen MR) is 67.6 cm³/mol. The van der Waals surface area contributed by atoms with Gasteiger partial charge in [0.1, 0.15) is 5.82 Å². The number of halogens is 1. The van der Waals surface area contributed by atoms with Crippen molar-refractivity contribution >= 4 is 28.2 Å². The van der Waals surface area contributed by atoms with Crippen LogP contribution in [0.15, 0.2) is 24.8 Å². The van der Waals surface area contributed by atoms with Crippen LogP contribution in [-0.4, -0.2) is 0 Å². The van der Waals surface area contributed by atoms with Crippen LogP contribution in [0.2, 0.25) is 0 Å². The number of fused-ring (bicyclic) bond motifs is 1. The first-order chi connectivity index (χ1) is 7.54. The summed E-state index contributed by atoms with van der Waals surface area (Å²) in [4.78, 5) is 0. The lowest BCUT2D eigenvalue weighted by Crippen LogP contribution is -1.97. The van der Waals surface area contributed by atoms with E-state index in [2.05, 4.69) is 6.58 Å². The van der Waals surface area contributed by atoms with Crippen molar-refractivity contribution in [2.24, 2.45) is 0 Å². The van der Waals surface area contributed by atoms with Crippen molar-refractivity contribution in [2.75, 3.05) is 11.5 Å². The van der Waals surface area contributed by atoms with Gasteiger partial charge in [0.05, 0.1) is 0 Å². The van der Waals surface area contributed by atoms with Gasteiger partial charge in [-0.15, -0.1) is 0 Å². The molecule has 0 atom stereocenters. The minimum absolute atomic E-state index is 0.331. The summed E-state index contributed by atoms with van der Waals surface area (Å²) >= 11 is 0. The van der Waals surface area contributed by atoms with Gasteiger partial charge >= 0.3 is 0 Å². The van der Waals surface area contributed by atoms with Crippen molar-refractivity contribution < 1.29 is 4.39 Å². The Balaban J connectivity index is 2.99. The van der Waals surface area contributed by atoms with Gasteiger partial charge in [-0.3, -0.25) is 0 Å². The number of anilines is 2. The molecule has 0 radical (unpaired) electrons. The zero-order valence-corrected chi connectivity index (χ0v) is 9.05. The number of rotatable bonds is 1. The molecular formula is C13H13FN2. The van der Waals surface area contributed by atoms with E-state index in [9.17, 15) is 4.39 Å². The van der Waals surface area contributed by atoms with Crippen molar-refractivity contribution in [3.8, 4) is 0 Å². The van der Waals surface area contributed by atoms with Crippen molar-refractivity contribution in [1.82, 2.24) is 0 Å². The fraction of sp³-hybridized carbons (Fsp3) is 0.0769. The maximum absolute atomic E-state index is 14.1. The number of benzene rings is 2. The quantitative estimate of drug-likeness (QED) is 0.720. The molecule has 2 aromatic rings. The summed E-state index contributed by atoms with van der Waals surface area (Å²) in [5, 5.41) is 1.27. The molecule has 2 rings (SSSR count). The third kappa shape index (κ3) is 1.41. The average molecular weight is 216 g/mol. The first-order valence-electron chi connectivity index (χ1n) is 4.95. The smallest absolute Gasteiger partial charge is 0.140 e. The molecule has 0 fully saturated rings. The molecule has 2 aromatic carbocycles. The van der Waals surface area contributed by atoms with Gasteiger partial charge in [-0.2, -0.15) is 0 Å². The third-order valence-corrected chi connectivity index (χ3v) is 2.67. The highest BCUT2D eigenvalue weighted by Gasteiger charge is 2.11. The van der Waals surface area contributed by atoms with Crippen molar-refractivity contribution in [2.45, 2.75) is 6.92 Å². The Bertz CT molecular complexity index is 588. The van der Waals surface area contributed by atoms with Gasteiger partial charge < -0.3 is 11.5 Å². The zero-order valence-electron chi connectivity index (χ0n) is 9.05. The van der Waals surface area contributed by atoms with E-state index in [1.807, 2.05) is 6.92 Å². The standard InChI is InChI=1S/C13H13FN2/c1-3-10-11(16)6-8-5-9(15)4-7(2)12(8)13(10)14/h3-6H,1,15-16H2,2H3. The maximum atomic E-state index is 14.1. The molecular weight excluding hydrogens is 203 g/mol. The Labute approximate surface area is 93.4 Å². The minimum Gasteiger partial charge on any atom is -0.399 e. The number of nitrogens with two attached hydrogens (primary N) is 2. The molecule has 82 valence electrons. The summed E-state index contributed by atoms with van der Waals surface area (Å²) in [6, 6.07) is 5.18.